The van der Waals surface area contributed by atoms with Gasteiger partial charge in [0.25, 0.3) is 5.91 Å². The summed E-state index contributed by atoms with van der Waals surface area (Å²) in [7, 11) is 0. The van der Waals surface area contributed by atoms with Gasteiger partial charge in [-0.15, -0.1) is 0 Å². The summed E-state index contributed by atoms with van der Waals surface area (Å²) in [5.41, 5.74) is 4.09. The third-order valence-electron chi connectivity index (χ3n) is 4.43. The number of nitrogens with zero attached hydrogens (tertiary/aromatic N) is 2. The zero-order chi connectivity index (χ0) is 17.6. The van der Waals surface area contributed by atoms with Crippen LogP contribution >= 0.6 is 11.3 Å². The van der Waals surface area contributed by atoms with Gasteiger partial charge in [-0.3, -0.25) is 4.79 Å². The minimum absolute atomic E-state index is 0.189. The van der Waals surface area contributed by atoms with Crippen LogP contribution < -0.4 is 14.3 Å². The van der Waals surface area contributed by atoms with Gasteiger partial charge < -0.3 is 14.0 Å². The number of carbonyl (C=O) groups is 1. The van der Waals surface area contributed by atoms with Gasteiger partial charge in [-0.1, -0.05) is 11.3 Å². The Morgan fingerprint density at radius 1 is 1.16 bits per heavy atom. The Kier molecular flexibility index (Phi) is 3.84. The number of aryl methyl sites for hydroxylation is 3. The maximum absolute atomic E-state index is 12.6. The van der Waals surface area contributed by atoms with Crippen molar-refractivity contribution in [3.63, 3.8) is 0 Å². The van der Waals surface area contributed by atoms with Crippen LogP contribution in [0.4, 0.5) is 0 Å². The average Bonchev–Trinajstić information content (AvgIpc) is 3.18. The van der Waals surface area contributed by atoms with Crippen LogP contribution in [0.2, 0.25) is 0 Å². The van der Waals surface area contributed by atoms with Crippen molar-refractivity contribution in [1.29, 1.82) is 0 Å². The van der Waals surface area contributed by atoms with Gasteiger partial charge in [0.2, 0.25) is 6.79 Å². The van der Waals surface area contributed by atoms with Gasteiger partial charge in [0.1, 0.15) is 0 Å². The van der Waals surface area contributed by atoms with E-state index < -0.39 is 0 Å². The summed E-state index contributed by atoms with van der Waals surface area (Å²) >= 11 is 1.54. The predicted octanol–water partition coefficient (Wildman–Crippen LogP) is 3.81. The molecule has 2 aromatic carbocycles. The van der Waals surface area contributed by atoms with Crippen molar-refractivity contribution in [2.75, 3.05) is 6.79 Å². The van der Waals surface area contributed by atoms with E-state index in [0.717, 1.165) is 16.8 Å². The normalized spacial score (nSPS) is 13.6. The molecular weight excluding hydrogens is 336 g/mol. The molecule has 3 aromatic rings. The van der Waals surface area contributed by atoms with E-state index in [4.69, 9.17) is 9.47 Å². The first-order valence-electron chi connectivity index (χ1n) is 8.16. The first-order valence-corrected chi connectivity index (χ1v) is 8.97. The highest BCUT2D eigenvalue weighted by atomic mass is 32.1. The molecule has 0 unspecified atom stereocenters. The number of fused-ring (bicyclic) bond motifs is 2. The van der Waals surface area contributed by atoms with Gasteiger partial charge in [0, 0.05) is 12.1 Å². The molecule has 0 spiro atoms. The standard InChI is InChI=1S/C19H18N2O3S/c1-4-21-14-7-11(2)12(3)8-17(14)25-19(21)20-18(22)13-5-6-15-16(9-13)24-10-23-15/h5-9H,4,10H2,1-3H3. The van der Waals surface area contributed by atoms with Crippen molar-refractivity contribution in [2.24, 2.45) is 4.99 Å². The van der Waals surface area contributed by atoms with E-state index in [-0.39, 0.29) is 12.7 Å². The molecule has 0 radical (unpaired) electrons. The quantitative estimate of drug-likeness (QED) is 0.703. The first kappa shape index (κ1) is 15.9. The Morgan fingerprint density at radius 3 is 2.72 bits per heavy atom. The van der Waals surface area contributed by atoms with Crippen LogP contribution in [-0.4, -0.2) is 17.3 Å². The molecule has 0 saturated heterocycles. The molecule has 1 aliphatic rings. The Hall–Kier alpha value is -2.60. The number of carbonyl (C=O) groups excluding carboxylic acids is 1. The minimum Gasteiger partial charge on any atom is -0.454 e. The van der Waals surface area contributed by atoms with E-state index in [1.54, 1.807) is 18.2 Å². The molecule has 0 bridgehead atoms. The molecule has 6 heteroatoms. The third-order valence-corrected chi connectivity index (χ3v) is 5.47. The van der Waals surface area contributed by atoms with Crippen molar-refractivity contribution < 1.29 is 14.3 Å². The number of benzene rings is 2. The number of hydrogen-bond acceptors (Lipinski definition) is 4. The molecule has 0 atom stereocenters. The zero-order valence-corrected chi connectivity index (χ0v) is 15.1. The minimum atomic E-state index is -0.277. The van der Waals surface area contributed by atoms with Crippen molar-refractivity contribution >= 4 is 27.5 Å². The summed E-state index contributed by atoms with van der Waals surface area (Å²) in [6.45, 7) is 7.20. The van der Waals surface area contributed by atoms with Gasteiger partial charge in [-0.25, -0.2) is 0 Å². The second-order valence-corrected chi connectivity index (χ2v) is 7.03. The van der Waals surface area contributed by atoms with Crippen LogP contribution in [0.1, 0.15) is 28.4 Å². The largest absolute Gasteiger partial charge is 0.454 e. The number of aromatic nitrogens is 1. The second kappa shape index (κ2) is 6.04. The van der Waals surface area contributed by atoms with Crippen molar-refractivity contribution in [1.82, 2.24) is 4.57 Å². The monoisotopic (exact) mass is 354 g/mol. The molecule has 1 amide bonds. The SMILES string of the molecule is CCn1c(=NC(=O)c2ccc3c(c2)OCO3)sc2cc(C)c(C)cc21. The van der Waals surface area contributed by atoms with E-state index in [0.29, 0.717) is 21.9 Å². The van der Waals surface area contributed by atoms with E-state index >= 15 is 0 Å². The fourth-order valence-corrected chi connectivity index (χ4v) is 4.07. The maximum atomic E-state index is 12.6. The van der Waals surface area contributed by atoms with Crippen LogP contribution in [0, 0.1) is 13.8 Å². The van der Waals surface area contributed by atoms with Crippen molar-refractivity contribution in [2.45, 2.75) is 27.3 Å². The molecule has 1 aromatic heterocycles. The number of ether oxygens (including phenoxy) is 2. The lowest BCUT2D eigenvalue weighted by Crippen LogP contribution is -2.15. The molecule has 5 nitrogen and oxygen atoms in total. The highest BCUT2D eigenvalue weighted by molar-refractivity contribution is 7.16. The van der Waals surface area contributed by atoms with E-state index in [1.807, 2.05) is 0 Å². The molecule has 1 aliphatic heterocycles. The van der Waals surface area contributed by atoms with Crippen molar-refractivity contribution in [3.05, 3.63) is 51.8 Å². The second-order valence-electron chi connectivity index (χ2n) is 6.02. The topological polar surface area (TPSA) is 52.8 Å². The smallest absolute Gasteiger partial charge is 0.279 e. The van der Waals surface area contributed by atoms with E-state index in [2.05, 4.69) is 42.5 Å². The summed E-state index contributed by atoms with van der Waals surface area (Å²) < 4.78 is 13.8. The summed E-state index contributed by atoms with van der Waals surface area (Å²) in [4.78, 5) is 17.7. The predicted molar refractivity (Wildman–Crippen MR) is 97.4 cm³/mol. The Labute approximate surface area is 149 Å². The van der Waals surface area contributed by atoms with Crippen LogP contribution in [0.25, 0.3) is 10.2 Å². The average molecular weight is 354 g/mol. The van der Waals surface area contributed by atoms with Crippen LogP contribution in [0.3, 0.4) is 0 Å². The van der Waals surface area contributed by atoms with Gasteiger partial charge in [-0.2, -0.15) is 4.99 Å². The molecule has 0 saturated carbocycles. The highest BCUT2D eigenvalue weighted by Crippen LogP contribution is 2.32. The molecule has 0 aliphatic carbocycles. The number of hydrogen-bond donors (Lipinski definition) is 0. The lowest BCUT2D eigenvalue weighted by Gasteiger charge is -2.03. The highest BCUT2D eigenvalue weighted by Gasteiger charge is 2.16. The Balaban J connectivity index is 1.81. The Morgan fingerprint density at radius 2 is 1.92 bits per heavy atom. The molecular formula is C19H18N2O3S. The molecule has 128 valence electrons. The third kappa shape index (κ3) is 2.72. The van der Waals surface area contributed by atoms with E-state index in [9.17, 15) is 4.79 Å². The van der Waals surface area contributed by atoms with Crippen LogP contribution in [0.5, 0.6) is 11.5 Å². The summed E-state index contributed by atoms with van der Waals surface area (Å²) in [5, 5.41) is 0. The van der Waals surface area contributed by atoms with Gasteiger partial charge in [-0.05, 0) is 62.2 Å². The Bertz CT molecular complexity index is 1060. The van der Waals surface area contributed by atoms with Crippen LogP contribution in [-0.2, 0) is 6.54 Å². The number of thiazole rings is 1. The zero-order valence-electron chi connectivity index (χ0n) is 14.3. The van der Waals surface area contributed by atoms with Gasteiger partial charge in [0.05, 0.1) is 10.2 Å². The lowest BCUT2D eigenvalue weighted by atomic mass is 10.1. The maximum Gasteiger partial charge on any atom is 0.279 e. The number of amides is 1. The fraction of sp³-hybridized carbons (Fsp3) is 0.263. The lowest BCUT2D eigenvalue weighted by molar-refractivity contribution is 0.0997. The summed E-state index contributed by atoms with van der Waals surface area (Å²) in [6.07, 6.45) is 0. The summed E-state index contributed by atoms with van der Waals surface area (Å²) in [5.74, 6) is 0.973. The van der Waals surface area contributed by atoms with Gasteiger partial charge in [0.15, 0.2) is 16.3 Å². The molecule has 0 N–H and O–H groups in total. The number of rotatable bonds is 2. The van der Waals surface area contributed by atoms with Gasteiger partial charge >= 0.3 is 0 Å². The molecule has 4 rings (SSSR count). The van der Waals surface area contributed by atoms with Crippen molar-refractivity contribution in [3.8, 4) is 11.5 Å². The molecule has 2 heterocycles. The summed E-state index contributed by atoms with van der Waals surface area (Å²) in [6, 6.07) is 9.47. The molecule has 0 fully saturated rings. The van der Waals surface area contributed by atoms with E-state index in [1.165, 1.54) is 22.5 Å². The first-order chi connectivity index (χ1) is 12.1. The molecule has 25 heavy (non-hydrogen) atoms. The van der Waals surface area contributed by atoms with Crippen LogP contribution in [0.15, 0.2) is 35.3 Å². The fourth-order valence-electron chi connectivity index (χ4n) is 2.89.